The lowest BCUT2D eigenvalue weighted by Gasteiger charge is -2.29. The van der Waals surface area contributed by atoms with Crippen molar-refractivity contribution in [3.05, 3.63) is 21.4 Å². The monoisotopic (exact) mass is 299 g/mol. The molecule has 5 nitrogen and oxygen atoms in total. The van der Waals surface area contributed by atoms with Crippen molar-refractivity contribution < 1.29 is 9.90 Å². The molecule has 1 aromatic rings. The summed E-state index contributed by atoms with van der Waals surface area (Å²) in [4.78, 5) is 15.6. The number of hydrogen-bond donors (Lipinski definition) is 3. The average molecular weight is 299 g/mol. The van der Waals surface area contributed by atoms with E-state index >= 15 is 0 Å². The van der Waals surface area contributed by atoms with Crippen molar-refractivity contribution in [3.8, 4) is 0 Å². The second kappa shape index (κ2) is 8.36. The first kappa shape index (κ1) is 17.1. The number of aryl methyl sites for hydroxylation is 1. The van der Waals surface area contributed by atoms with Crippen molar-refractivity contribution in [2.45, 2.75) is 46.2 Å². The van der Waals surface area contributed by atoms with Gasteiger partial charge < -0.3 is 5.11 Å². The summed E-state index contributed by atoms with van der Waals surface area (Å²) in [5.41, 5.74) is 3.30. The second-order valence-electron chi connectivity index (χ2n) is 4.83. The number of rotatable bonds is 8. The summed E-state index contributed by atoms with van der Waals surface area (Å²) in [6.07, 6.45) is 2.10. The highest BCUT2D eigenvalue weighted by molar-refractivity contribution is 7.14. The Morgan fingerprint density at radius 1 is 1.50 bits per heavy atom. The number of nitrogen functional groups attached to an aromatic ring is 1. The zero-order valence-electron chi connectivity index (χ0n) is 12.5. The summed E-state index contributed by atoms with van der Waals surface area (Å²) in [5.74, 6) is 4.92. The summed E-state index contributed by atoms with van der Waals surface area (Å²) < 4.78 is 0. The minimum absolute atomic E-state index is 0.149. The number of thiophene rings is 1. The average Bonchev–Trinajstić information content (AvgIpc) is 2.81. The molecule has 6 heteroatoms. The van der Waals surface area contributed by atoms with Crippen LogP contribution in [-0.4, -0.2) is 35.1 Å². The van der Waals surface area contributed by atoms with Crippen LogP contribution in [0, 0.1) is 6.92 Å². The van der Waals surface area contributed by atoms with Crippen LogP contribution in [0.1, 0.15) is 46.8 Å². The molecular formula is C14H25N3O2S. The van der Waals surface area contributed by atoms with Gasteiger partial charge in [-0.2, -0.15) is 0 Å². The van der Waals surface area contributed by atoms with Crippen LogP contribution in [0.15, 0.2) is 6.07 Å². The maximum atomic E-state index is 11.6. The molecule has 0 aliphatic rings. The summed E-state index contributed by atoms with van der Waals surface area (Å²) in [5, 5.41) is 9.24. The van der Waals surface area contributed by atoms with Crippen molar-refractivity contribution in [2.75, 3.05) is 13.2 Å². The van der Waals surface area contributed by atoms with E-state index in [1.54, 1.807) is 0 Å². The van der Waals surface area contributed by atoms with E-state index in [-0.39, 0.29) is 12.5 Å². The minimum atomic E-state index is -0.249. The number of nitrogens with two attached hydrogens (primary N) is 1. The van der Waals surface area contributed by atoms with Crippen LogP contribution in [-0.2, 0) is 6.54 Å². The Labute approximate surface area is 124 Å². The van der Waals surface area contributed by atoms with Crippen LogP contribution in [0.25, 0.3) is 0 Å². The Balaban J connectivity index is 2.87. The number of nitrogens with one attached hydrogen (secondary N) is 1. The van der Waals surface area contributed by atoms with E-state index in [4.69, 9.17) is 5.84 Å². The third kappa shape index (κ3) is 4.28. The molecule has 0 saturated heterocycles. The molecule has 114 valence electrons. The van der Waals surface area contributed by atoms with Crippen LogP contribution >= 0.6 is 11.3 Å². The Morgan fingerprint density at radius 3 is 2.65 bits per heavy atom. The van der Waals surface area contributed by atoms with Gasteiger partial charge in [0.1, 0.15) is 0 Å². The molecule has 0 spiro atoms. The Bertz CT molecular complexity index is 430. The first-order valence-corrected chi connectivity index (χ1v) is 7.84. The highest BCUT2D eigenvalue weighted by atomic mass is 32.1. The molecule has 0 aromatic carbocycles. The minimum Gasteiger partial charge on any atom is -0.395 e. The van der Waals surface area contributed by atoms with Crippen LogP contribution < -0.4 is 11.3 Å². The number of nitrogens with zero attached hydrogens (tertiary/aromatic N) is 1. The van der Waals surface area contributed by atoms with Gasteiger partial charge in [0.15, 0.2) is 0 Å². The van der Waals surface area contributed by atoms with E-state index in [0.717, 1.165) is 29.8 Å². The van der Waals surface area contributed by atoms with Crippen molar-refractivity contribution >= 4 is 17.2 Å². The zero-order valence-corrected chi connectivity index (χ0v) is 13.3. The van der Waals surface area contributed by atoms with Crippen molar-refractivity contribution in [3.63, 3.8) is 0 Å². The first-order valence-electron chi connectivity index (χ1n) is 7.02. The lowest BCUT2D eigenvalue weighted by atomic mass is 10.1. The van der Waals surface area contributed by atoms with Crippen LogP contribution in [0.4, 0.5) is 0 Å². The molecule has 0 saturated carbocycles. The maximum absolute atomic E-state index is 11.6. The molecule has 0 aliphatic carbocycles. The van der Waals surface area contributed by atoms with E-state index in [1.165, 1.54) is 11.3 Å². The second-order valence-corrected chi connectivity index (χ2v) is 6.09. The molecule has 20 heavy (non-hydrogen) atoms. The van der Waals surface area contributed by atoms with Gasteiger partial charge >= 0.3 is 0 Å². The van der Waals surface area contributed by atoms with E-state index in [1.807, 2.05) is 13.0 Å². The molecule has 0 radical (unpaired) electrons. The molecule has 0 fully saturated rings. The predicted octanol–water partition coefficient (Wildman–Crippen LogP) is 1.64. The largest absolute Gasteiger partial charge is 0.395 e. The number of carbonyl (C=O) groups excluding carboxylic acids is 1. The smallest absolute Gasteiger partial charge is 0.275 e. The van der Waals surface area contributed by atoms with Gasteiger partial charge in [0.25, 0.3) is 5.91 Å². The van der Waals surface area contributed by atoms with E-state index in [0.29, 0.717) is 17.5 Å². The lowest BCUT2D eigenvalue weighted by Crippen LogP contribution is -2.36. The fourth-order valence-electron chi connectivity index (χ4n) is 2.40. The Morgan fingerprint density at radius 2 is 2.15 bits per heavy atom. The van der Waals surface area contributed by atoms with Gasteiger partial charge in [-0.15, -0.1) is 11.3 Å². The predicted molar refractivity (Wildman–Crippen MR) is 82.6 cm³/mol. The standard InChI is InChI=1S/C14H25N3O2S/c1-4-12(5-2)17(6-7-18)9-11-8-13(14(19)16-15)20-10(11)3/h8,12,18H,4-7,9,15H2,1-3H3,(H,16,19). The number of aliphatic hydroxyl groups is 1. The summed E-state index contributed by atoms with van der Waals surface area (Å²) in [6, 6.07) is 2.35. The highest BCUT2D eigenvalue weighted by Crippen LogP contribution is 2.24. The summed E-state index contributed by atoms with van der Waals surface area (Å²) >= 11 is 1.45. The SMILES string of the molecule is CCC(CC)N(CCO)Cc1cc(C(=O)NN)sc1C. The number of aliphatic hydroxyl groups excluding tert-OH is 1. The van der Waals surface area contributed by atoms with Crippen molar-refractivity contribution in [2.24, 2.45) is 5.84 Å². The quantitative estimate of drug-likeness (QED) is 0.387. The molecule has 0 unspecified atom stereocenters. The molecule has 0 atom stereocenters. The topological polar surface area (TPSA) is 78.6 Å². The molecule has 1 heterocycles. The van der Waals surface area contributed by atoms with Gasteiger partial charge in [-0.25, -0.2) is 5.84 Å². The molecule has 0 aliphatic heterocycles. The molecule has 1 aromatic heterocycles. The van der Waals surface area contributed by atoms with Gasteiger partial charge in [0.05, 0.1) is 11.5 Å². The molecule has 4 N–H and O–H groups in total. The van der Waals surface area contributed by atoms with Gasteiger partial charge in [0, 0.05) is 24.0 Å². The fraction of sp³-hybridized carbons (Fsp3) is 0.643. The summed E-state index contributed by atoms with van der Waals surface area (Å²) in [6.45, 7) is 7.89. The first-order chi connectivity index (χ1) is 9.57. The number of hydrazine groups is 1. The van der Waals surface area contributed by atoms with Crippen LogP contribution in [0.2, 0.25) is 0 Å². The van der Waals surface area contributed by atoms with Gasteiger partial charge in [-0.1, -0.05) is 13.8 Å². The van der Waals surface area contributed by atoms with Gasteiger partial charge in [-0.05, 0) is 31.4 Å². The van der Waals surface area contributed by atoms with E-state index in [9.17, 15) is 9.90 Å². The van der Waals surface area contributed by atoms with Crippen LogP contribution in [0.3, 0.4) is 0 Å². The van der Waals surface area contributed by atoms with Crippen molar-refractivity contribution in [1.29, 1.82) is 0 Å². The maximum Gasteiger partial charge on any atom is 0.275 e. The van der Waals surface area contributed by atoms with Crippen LogP contribution in [0.5, 0.6) is 0 Å². The molecule has 1 amide bonds. The number of amides is 1. The molecule has 1 rings (SSSR count). The number of hydrogen-bond acceptors (Lipinski definition) is 5. The molecule has 0 bridgehead atoms. The third-order valence-electron chi connectivity index (χ3n) is 3.60. The van der Waals surface area contributed by atoms with E-state index in [2.05, 4.69) is 24.2 Å². The lowest BCUT2D eigenvalue weighted by molar-refractivity contribution is 0.0957. The van der Waals surface area contributed by atoms with Gasteiger partial charge in [-0.3, -0.25) is 15.1 Å². The van der Waals surface area contributed by atoms with Gasteiger partial charge in [0.2, 0.25) is 0 Å². The Kier molecular flexibility index (Phi) is 7.15. The van der Waals surface area contributed by atoms with E-state index < -0.39 is 0 Å². The third-order valence-corrected chi connectivity index (χ3v) is 4.69. The highest BCUT2D eigenvalue weighted by Gasteiger charge is 2.18. The van der Waals surface area contributed by atoms with Crippen molar-refractivity contribution in [1.82, 2.24) is 10.3 Å². The summed E-state index contributed by atoms with van der Waals surface area (Å²) in [7, 11) is 0. The Hall–Kier alpha value is -0.950. The zero-order chi connectivity index (χ0) is 15.1. The fourth-order valence-corrected chi connectivity index (χ4v) is 3.34. The normalized spacial score (nSPS) is 11.3. The molecular weight excluding hydrogens is 274 g/mol. The number of carbonyl (C=O) groups is 1.